The van der Waals surface area contributed by atoms with Gasteiger partial charge in [-0.3, -0.25) is 0 Å². The molecule has 2 aliphatic rings. The van der Waals surface area contributed by atoms with E-state index in [1.807, 2.05) is 13.0 Å². The summed E-state index contributed by atoms with van der Waals surface area (Å²) >= 11 is 0. The Kier molecular flexibility index (Phi) is 6.30. The van der Waals surface area contributed by atoms with E-state index >= 15 is 0 Å². The van der Waals surface area contributed by atoms with Gasteiger partial charge in [-0.05, 0) is 99.5 Å². The Labute approximate surface area is 151 Å². The van der Waals surface area contributed by atoms with Gasteiger partial charge in [0.1, 0.15) is 0 Å². The molecule has 1 aromatic rings. The Morgan fingerprint density at radius 2 is 1.48 bits per heavy atom. The van der Waals surface area contributed by atoms with Crippen molar-refractivity contribution in [2.45, 2.75) is 77.6 Å². The molecule has 0 spiro atoms. The van der Waals surface area contributed by atoms with Crippen molar-refractivity contribution in [1.29, 1.82) is 0 Å². The second kappa shape index (κ2) is 8.47. The topological polar surface area (TPSA) is 0 Å². The van der Waals surface area contributed by atoms with E-state index in [1.165, 1.54) is 38.5 Å². The van der Waals surface area contributed by atoms with Crippen LogP contribution in [-0.4, -0.2) is 0 Å². The van der Waals surface area contributed by atoms with Gasteiger partial charge in [0.25, 0.3) is 0 Å². The fourth-order valence-corrected chi connectivity index (χ4v) is 5.18. The minimum absolute atomic E-state index is 0.205. The van der Waals surface area contributed by atoms with Gasteiger partial charge in [0.15, 0.2) is 11.6 Å². The summed E-state index contributed by atoms with van der Waals surface area (Å²) in [6, 6.07) is 3.62. The van der Waals surface area contributed by atoms with Crippen molar-refractivity contribution in [3.05, 3.63) is 47.0 Å². The first-order valence-electron chi connectivity index (χ1n) is 10.2. The maximum absolute atomic E-state index is 14.4. The molecule has 0 aliphatic heterocycles. The Morgan fingerprint density at radius 1 is 0.880 bits per heavy atom. The normalized spacial score (nSPS) is 30.7. The maximum Gasteiger partial charge on any atom is 0.162 e. The Bertz CT molecular complexity index is 588. The summed E-state index contributed by atoms with van der Waals surface area (Å²) in [6.07, 6.45) is 14.8. The summed E-state index contributed by atoms with van der Waals surface area (Å²) in [6.45, 7) is 3.98. The first kappa shape index (κ1) is 18.6. The fraction of sp³-hybridized carbons (Fsp3) is 0.652. The lowest BCUT2D eigenvalue weighted by Gasteiger charge is -2.37. The predicted octanol–water partition coefficient (Wildman–Crippen LogP) is 7.18. The lowest BCUT2D eigenvalue weighted by atomic mass is 9.68. The van der Waals surface area contributed by atoms with Crippen molar-refractivity contribution in [1.82, 2.24) is 0 Å². The SMILES string of the molecule is C/C=C/C1CCC(C2CCC(c3ccc(CC)c(F)c3F)CC2)CC1. The van der Waals surface area contributed by atoms with E-state index in [2.05, 4.69) is 19.1 Å². The molecular weight excluding hydrogens is 314 g/mol. The first-order valence-corrected chi connectivity index (χ1v) is 10.2. The smallest absolute Gasteiger partial charge is 0.162 e. The highest BCUT2D eigenvalue weighted by Crippen LogP contribution is 2.44. The molecular formula is C23H32F2. The Morgan fingerprint density at radius 3 is 2.04 bits per heavy atom. The lowest BCUT2D eigenvalue weighted by Crippen LogP contribution is -2.25. The van der Waals surface area contributed by atoms with Crippen LogP contribution in [0.1, 0.15) is 82.3 Å². The molecule has 2 heteroatoms. The van der Waals surface area contributed by atoms with Crippen molar-refractivity contribution >= 4 is 0 Å². The van der Waals surface area contributed by atoms with Gasteiger partial charge in [0.2, 0.25) is 0 Å². The molecule has 2 saturated carbocycles. The molecule has 0 bridgehead atoms. The molecule has 25 heavy (non-hydrogen) atoms. The number of aryl methyl sites for hydroxylation is 1. The number of rotatable bonds is 4. The minimum Gasteiger partial charge on any atom is -0.203 e. The van der Waals surface area contributed by atoms with E-state index in [4.69, 9.17) is 0 Å². The molecule has 0 N–H and O–H groups in total. The molecule has 0 unspecified atom stereocenters. The second-order valence-corrected chi connectivity index (χ2v) is 8.11. The fourth-order valence-electron chi connectivity index (χ4n) is 5.18. The highest BCUT2D eigenvalue weighted by molar-refractivity contribution is 5.29. The molecule has 3 rings (SSSR count). The van der Waals surface area contributed by atoms with Crippen LogP contribution in [0.15, 0.2) is 24.3 Å². The van der Waals surface area contributed by atoms with E-state index in [0.29, 0.717) is 17.5 Å². The van der Waals surface area contributed by atoms with Crippen LogP contribution in [0, 0.1) is 29.4 Å². The lowest BCUT2D eigenvalue weighted by molar-refractivity contribution is 0.170. The third-order valence-electron chi connectivity index (χ3n) is 6.73. The number of halogens is 2. The Balaban J connectivity index is 1.57. The van der Waals surface area contributed by atoms with Crippen LogP contribution < -0.4 is 0 Å². The van der Waals surface area contributed by atoms with Gasteiger partial charge in [0, 0.05) is 0 Å². The van der Waals surface area contributed by atoms with Crippen LogP contribution in [0.25, 0.3) is 0 Å². The van der Waals surface area contributed by atoms with Gasteiger partial charge in [-0.15, -0.1) is 0 Å². The summed E-state index contributed by atoms with van der Waals surface area (Å²) < 4.78 is 28.5. The molecule has 0 atom stereocenters. The monoisotopic (exact) mass is 346 g/mol. The molecule has 0 heterocycles. The van der Waals surface area contributed by atoms with Crippen LogP contribution in [-0.2, 0) is 6.42 Å². The average molecular weight is 347 g/mol. The molecule has 138 valence electrons. The van der Waals surface area contributed by atoms with Crippen molar-refractivity contribution in [2.75, 3.05) is 0 Å². The van der Waals surface area contributed by atoms with Crippen LogP contribution in [0.5, 0.6) is 0 Å². The van der Waals surface area contributed by atoms with Gasteiger partial charge in [-0.1, -0.05) is 31.2 Å². The van der Waals surface area contributed by atoms with E-state index < -0.39 is 11.6 Å². The Hall–Kier alpha value is -1.18. The van der Waals surface area contributed by atoms with Gasteiger partial charge < -0.3 is 0 Å². The van der Waals surface area contributed by atoms with E-state index in [-0.39, 0.29) is 5.92 Å². The summed E-state index contributed by atoms with van der Waals surface area (Å²) in [5, 5.41) is 0. The maximum atomic E-state index is 14.4. The van der Waals surface area contributed by atoms with Crippen LogP contribution in [0.4, 0.5) is 8.78 Å². The van der Waals surface area contributed by atoms with Gasteiger partial charge in [0.05, 0.1) is 0 Å². The van der Waals surface area contributed by atoms with Gasteiger partial charge in [-0.25, -0.2) is 8.78 Å². The van der Waals surface area contributed by atoms with E-state index in [9.17, 15) is 8.78 Å². The quantitative estimate of drug-likeness (QED) is 0.506. The summed E-state index contributed by atoms with van der Waals surface area (Å²) in [5.74, 6) is 1.43. The predicted molar refractivity (Wildman–Crippen MR) is 101 cm³/mol. The van der Waals surface area contributed by atoms with Crippen molar-refractivity contribution in [2.24, 2.45) is 17.8 Å². The zero-order valence-corrected chi connectivity index (χ0v) is 15.7. The number of allylic oxidation sites excluding steroid dienone is 2. The molecule has 0 nitrogen and oxygen atoms in total. The van der Waals surface area contributed by atoms with Crippen LogP contribution >= 0.6 is 0 Å². The number of hydrogen-bond donors (Lipinski definition) is 0. The summed E-state index contributed by atoms with van der Waals surface area (Å²) in [7, 11) is 0. The molecule has 0 amide bonds. The molecule has 2 aliphatic carbocycles. The standard InChI is InChI=1S/C23H32F2/c1-3-5-16-6-8-18(9-7-16)19-10-12-20(13-11-19)21-15-14-17(4-2)22(24)23(21)25/h3,5,14-16,18-20H,4,6-13H2,1-2H3/b5-3+. The highest BCUT2D eigenvalue weighted by Gasteiger charge is 2.32. The molecule has 0 radical (unpaired) electrons. The van der Waals surface area contributed by atoms with Crippen LogP contribution in [0.2, 0.25) is 0 Å². The minimum atomic E-state index is -0.621. The first-order chi connectivity index (χ1) is 12.1. The number of hydrogen-bond acceptors (Lipinski definition) is 0. The highest BCUT2D eigenvalue weighted by atomic mass is 19.2. The number of benzene rings is 1. The van der Waals surface area contributed by atoms with Gasteiger partial charge in [-0.2, -0.15) is 0 Å². The summed E-state index contributed by atoms with van der Waals surface area (Å²) in [5.41, 5.74) is 1.11. The zero-order chi connectivity index (χ0) is 17.8. The van der Waals surface area contributed by atoms with E-state index in [0.717, 1.165) is 30.6 Å². The van der Waals surface area contributed by atoms with E-state index in [1.54, 1.807) is 6.07 Å². The summed E-state index contributed by atoms with van der Waals surface area (Å²) in [4.78, 5) is 0. The van der Waals surface area contributed by atoms with Crippen molar-refractivity contribution in [3.8, 4) is 0 Å². The zero-order valence-electron chi connectivity index (χ0n) is 15.7. The third kappa shape index (κ3) is 4.15. The molecule has 1 aromatic carbocycles. The molecule has 0 aromatic heterocycles. The van der Waals surface area contributed by atoms with Crippen molar-refractivity contribution in [3.63, 3.8) is 0 Å². The van der Waals surface area contributed by atoms with Crippen molar-refractivity contribution < 1.29 is 8.78 Å². The third-order valence-corrected chi connectivity index (χ3v) is 6.73. The second-order valence-electron chi connectivity index (χ2n) is 8.11. The van der Waals surface area contributed by atoms with Crippen LogP contribution in [0.3, 0.4) is 0 Å². The molecule has 2 fully saturated rings. The molecule has 0 saturated heterocycles. The van der Waals surface area contributed by atoms with Gasteiger partial charge >= 0.3 is 0 Å². The average Bonchev–Trinajstić information content (AvgIpc) is 2.65. The largest absolute Gasteiger partial charge is 0.203 e.